The lowest BCUT2D eigenvalue weighted by molar-refractivity contribution is 0.479. The minimum atomic E-state index is -3.55. The van der Waals surface area contributed by atoms with Crippen LogP contribution in [0.5, 0.6) is 0 Å². The number of rotatable bonds is 6. The number of aryl methyl sites for hydroxylation is 1. The van der Waals surface area contributed by atoms with Crippen LogP contribution >= 0.6 is 0 Å². The van der Waals surface area contributed by atoms with Gasteiger partial charge >= 0.3 is 0 Å². The average molecular weight is 308 g/mol. The van der Waals surface area contributed by atoms with E-state index in [4.69, 9.17) is 5.73 Å². The van der Waals surface area contributed by atoms with Gasteiger partial charge in [-0.2, -0.15) is 0 Å². The average Bonchev–Trinajstić information content (AvgIpc) is 2.46. The highest BCUT2D eigenvalue weighted by Gasteiger charge is 2.18. The molecule has 0 amide bonds. The highest BCUT2D eigenvalue weighted by molar-refractivity contribution is 7.89. The van der Waals surface area contributed by atoms with Crippen molar-refractivity contribution in [2.75, 3.05) is 13.1 Å². The van der Waals surface area contributed by atoms with E-state index in [-0.39, 0.29) is 11.4 Å². The fourth-order valence-corrected chi connectivity index (χ4v) is 3.26. The summed E-state index contributed by atoms with van der Waals surface area (Å²) in [6.07, 6.45) is 1.90. The highest BCUT2D eigenvalue weighted by atomic mass is 32.2. The molecular weight excluding hydrogens is 284 g/mol. The van der Waals surface area contributed by atoms with E-state index >= 15 is 0 Å². The molecule has 0 aliphatic rings. The minimum absolute atomic E-state index is 0.203. The Hall–Kier alpha value is -1.35. The maximum absolute atomic E-state index is 12.5. The van der Waals surface area contributed by atoms with Gasteiger partial charge in [0.25, 0.3) is 0 Å². The van der Waals surface area contributed by atoms with Crippen LogP contribution in [0.2, 0.25) is 0 Å². The van der Waals surface area contributed by atoms with Crippen LogP contribution in [0, 0.1) is 24.7 Å². The van der Waals surface area contributed by atoms with Crippen LogP contribution in [-0.2, 0) is 10.0 Å². The molecule has 0 unspecified atom stereocenters. The van der Waals surface area contributed by atoms with Crippen LogP contribution in [0.4, 0.5) is 0 Å². The van der Waals surface area contributed by atoms with E-state index in [1.165, 1.54) is 0 Å². The Bertz CT molecular complexity index is 623. The van der Waals surface area contributed by atoms with Gasteiger partial charge in [-0.05, 0) is 30.5 Å². The second-order valence-corrected chi connectivity index (χ2v) is 6.78. The summed E-state index contributed by atoms with van der Waals surface area (Å²) in [5.41, 5.74) is 6.83. The summed E-state index contributed by atoms with van der Waals surface area (Å²) in [5.74, 6) is 5.91. The van der Waals surface area contributed by atoms with Crippen molar-refractivity contribution in [1.82, 2.24) is 4.72 Å². The van der Waals surface area contributed by atoms with Crippen molar-refractivity contribution in [1.29, 1.82) is 0 Å². The molecule has 5 heteroatoms. The quantitative estimate of drug-likeness (QED) is 0.790. The molecule has 0 bridgehead atoms. The predicted molar refractivity (Wildman–Crippen MR) is 86.4 cm³/mol. The zero-order valence-electron chi connectivity index (χ0n) is 12.9. The van der Waals surface area contributed by atoms with Crippen LogP contribution in [0.15, 0.2) is 23.1 Å². The topological polar surface area (TPSA) is 72.2 Å². The van der Waals surface area contributed by atoms with E-state index < -0.39 is 10.0 Å². The van der Waals surface area contributed by atoms with Crippen LogP contribution in [0.3, 0.4) is 0 Å². The van der Waals surface area contributed by atoms with Gasteiger partial charge in [-0.25, -0.2) is 13.1 Å². The van der Waals surface area contributed by atoms with E-state index in [1.54, 1.807) is 18.2 Å². The molecule has 1 rings (SSSR count). The first-order chi connectivity index (χ1) is 9.94. The predicted octanol–water partition coefficient (Wildman–Crippen LogP) is 2.02. The first-order valence-electron chi connectivity index (χ1n) is 7.23. The molecule has 3 N–H and O–H groups in total. The molecule has 0 heterocycles. The molecule has 0 aliphatic carbocycles. The SMILES string of the molecule is CCC(CC)CNS(=O)(=O)c1ccc(C)cc1C#CCN. The lowest BCUT2D eigenvalue weighted by Crippen LogP contribution is -2.29. The van der Waals surface area contributed by atoms with Crippen molar-refractivity contribution in [3.8, 4) is 11.8 Å². The molecule has 0 saturated heterocycles. The van der Waals surface area contributed by atoms with Crippen molar-refractivity contribution in [2.45, 2.75) is 38.5 Å². The number of hydrogen-bond acceptors (Lipinski definition) is 3. The van der Waals surface area contributed by atoms with Gasteiger partial charge < -0.3 is 5.73 Å². The Morgan fingerprint density at radius 3 is 2.52 bits per heavy atom. The van der Waals surface area contributed by atoms with E-state index in [0.29, 0.717) is 18.0 Å². The molecule has 4 nitrogen and oxygen atoms in total. The molecule has 21 heavy (non-hydrogen) atoms. The zero-order valence-corrected chi connectivity index (χ0v) is 13.8. The van der Waals surface area contributed by atoms with Crippen molar-refractivity contribution >= 4 is 10.0 Å². The first-order valence-corrected chi connectivity index (χ1v) is 8.72. The van der Waals surface area contributed by atoms with E-state index in [2.05, 4.69) is 30.4 Å². The Labute approximate surface area is 128 Å². The summed E-state index contributed by atoms with van der Waals surface area (Å²) in [7, 11) is -3.55. The second kappa shape index (κ2) is 8.18. The van der Waals surface area contributed by atoms with Crippen LogP contribution in [-0.4, -0.2) is 21.5 Å². The van der Waals surface area contributed by atoms with Gasteiger partial charge in [0.1, 0.15) is 0 Å². The molecule has 0 fully saturated rings. The third kappa shape index (κ3) is 5.16. The van der Waals surface area contributed by atoms with E-state index in [1.807, 2.05) is 6.92 Å². The smallest absolute Gasteiger partial charge is 0.241 e. The van der Waals surface area contributed by atoms with Crippen LogP contribution in [0.25, 0.3) is 0 Å². The largest absolute Gasteiger partial charge is 0.320 e. The number of nitrogens with two attached hydrogens (primary N) is 1. The maximum Gasteiger partial charge on any atom is 0.241 e. The molecule has 116 valence electrons. The van der Waals surface area contributed by atoms with Gasteiger partial charge in [-0.3, -0.25) is 0 Å². The van der Waals surface area contributed by atoms with Gasteiger partial charge in [-0.15, -0.1) is 0 Å². The highest BCUT2D eigenvalue weighted by Crippen LogP contribution is 2.17. The molecule has 1 aromatic rings. The van der Waals surface area contributed by atoms with Crippen molar-refractivity contribution < 1.29 is 8.42 Å². The molecule has 0 spiro atoms. The number of nitrogens with one attached hydrogen (secondary N) is 1. The standard InChI is InChI=1S/C16H24N2O2S/c1-4-14(5-2)12-18-21(19,20)16-9-8-13(3)11-15(16)7-6-10-17/h8-9,11,14,18H,4-5,10,12,17H2,1-3H3. The Morgan fingerprint density at radius 1 is 1.29 bits per heavy atom. The lowest BCUT2D eigenvalue weighted by Gasteiger charge is -2.14. The minimum Gasteiger partial charge on any atom is -0.320 e. The first kappa shape index (κ1) is 17.7. The number of benzene rings is 1. The molecule has 0 atom stereocenters. The monoisotopic (exact) mass is 308 g/mol. The summed E-state index contributed by atoms with van der Waals surface area (Å²) in [4.78, 5) is 0.222. The lowest BCUT2D eigenvalue weighted by atomic mass is 10.0. The summed E-state index contributed by atoms with van der Waals surface area (Å²) < 4.78 is 27.6. The maximum atomic E-state index is 12.5. The van der Waals surface area contributed by atoms with Crippen molar-refractivity contribution in [2.24, 2.45) is 11.7 Å². The summed E-state index contributed by atoms with van der Waals surface area (Å²) >= 11 is 0. The van der Waals surface area contributed by atoms with Gasteiger partial charge in [-0.1, -0.05) is 44.6 Å². The summed E-state index contributed by atoms with van der Waals surface area (Å²) in [6, 6.07) is 5.15. The zero-order chi connectivity index (χ0) is 15.9. The number of sulfonamides is 1. The molecule has 0 aliphatic heterocycles. The van der Waals surface area contributed by atoms with Crippen LogP contribution in [0.1, 0.15) is 37.8 Å². The fraction of sp³-hybridized carbons (Fsp3) is 0.500. The van der Waals surface area contributed by atoms with Crippen molar-refractivity contribution in [3.05, 3.63) is 29.3 Å². The number of hydrogen-bond donors (Lipinski definition) is 2. The molecule has 0 saturated carbocycles. The van der Waals surface area contributed by atoms with Crippen molar-refractivity contribution in [3.63, 3.8) is 0 Å². The molecular formula is C16H24N2O2S. The fourth-order valence-electron chi connectivity index (χ4n) is 2.00. The molecule has 0 aromatic heterocycles. The Kier molecular flexibility index (Phi) is 6.90. The normalized spacial score (nSPS) is 11.3. The second-order valence-electron chi connectivity index (χ2n) is 5.04. The van der Waals surface area contributed by atoms with Gasteiger partial charge in [0.2, 0.25) is 10.0 Å². The summed E-state index contributed by atoms with van der Waals surface area (Å²) in [5, 5.41) is 0. The van der Waals surface area contributed by atoms with E-state index in [9.17, 15) is 8.42 Å². The molecule has 0 radical (unpaired) electrons. The molecule has 1 aromatic carbocycles. The van der Waals surface area contributed by atoms with E-state index in [0.717, 1.165) is 18.4 Å². The van der Waals surface area contributed by atoms with Gasteiger partial charge in [0.15, 0.2) is 0 Å². The third-order valence-electron chi connectivity index (χ3n) is 3.47. The Balaban J connectivity index is 3.07. The third-order valence-corrected chi connectivity index (χ3v) is 4.95. The van der Waals surface area contributed by atoms with Gasteiger partial charge in [0, 0.05) is 12.1 Å². The summed E-state index contributed by atoms with van der Waals surface area (Å²) in [6.45, 7) is 6.68. The Morgan fingerprint density at radius 2 is 1.95 bits per heavy atom. The van der Waals surface area contributed by atoms with Gasteiger partial charge in [0.05, 0.1) is 11.4 Å². The van der Waals surface area contributed by atoms with Crippen LogP contribution < -0.4 is 10.5 Å².